The Morgan fingerprint density at radius 1 is 0.829 bits per heavy atom. The Bertz CT molecular complexity index is 3710. The lowest BCUT2D eigenvalue weighted by molar-refractivity contribution is -0.873. The molecule has 0 spiro atoms. The van der Waals surface area contributed by atoms with E-state index in [9.17, 15) is 10.0 Å². The van der Waals surface area contributed by atoms with Gasteiger partial charge in [-0.05, 0) is 148 Å². The van der Waals surface area contributed by atoms with E-state index < -0.39 is 5.02 Å². The normalized spacial score (nSPS) is 12.8. The number of imidazole rings is 1. The lowest BCUT2D eigenvalue weighted by Crippen LogP contribution is -2.44. The van der Waals surface area contributed by atoms with Gasteiger partial charge in [-0.15, -0.1) is 17.9 Å². The quantitative estimate of drug-likeness (QED) is 0.0551. The molecule has 1 aromatic carbocycles. The molecule has 1 saturated carbocycles. The molecule has 24 nitrogen and oxygen atoms in total. The van der Waals surface area contributed by atoms with Crippen molar-refractivity contribution >= 4 is 17.3 Å². The van der Waals surface area contributed by atoms with Crippen LogP contribution in [0.3, 0.4) is 0 Å². The number of terminal acetylenes is 2. The van der Waals surface area contributed by atoms with Crippen molar-refractivity contribution in [3.63, 3.8) is 0 Å². The minimum absolute atomic E-state index is 0. The minimum Gasteiger partial charge on any atom is -0.489 e. The van der Waals surface area contributed by atoms with Crippen molar-refractivity contribution in [1.82, 2.24) is 34.7 Å². The van der Waals surface area contributed by atoms with Gasteiger partial charge >= 0.3 is 0 Å². The van der Waals surface area contributed by atoms with Crippen LogP contribution in [0.2, 0.25) is 0 Å². The Hall–Kier alpha value is -12.3. The fourth-order valence-electron chi connectivity index (χ4n) is 5.91. The number of pyridine rings is 1. The van der Waals surface area contributed by atoms with Gasteiger partial charge in [-0.3, -0.25) is 10.1 Å². The minimum atomic E-state index is -0.622. The summed E-state index contributed by atoms with van der Waals surface area (Å²) < 4.78 is 15.3. The summed E-state index contributed by atoms with van der Waals surface area (Å²) in [6.07, 6.45) is 17.8. The van der Waals surface area contributed by atoms with Crippen molar-refractivity contribution in [2.75, 3.05) is 36.6 Å². The number of nitrogens with two attached hydrogens (primary N) is 1. The number of ether oxygens (including phenoxy) is 2. The fourth-order valence-corrected chi connectivity index (χ4v) is 5.91. The lowest BCUT2D eigenvalue weighted by atomic mass is 10.1. The number of fused-ring (bicyclic) bond motifs is 3. The molecule has 5 heterocycles. The van der Waals surface area contributed by atoms with Crippen LogP contribution in [0.1, 0.15) is 59.0 Å². The molecule has 3 aliphatic rings. The maximum atomic E-state index is 13.5. The number of carbonyl (C=O) groups is 1. The predicted molar refractivity (Wildman–Crippen MR) is 295 cm³/mol. The van der Waals surface area contributed by atoms with E-state index in [0.29, 0.717) is 55.2 Å². The lowest BCUT2D eigenvalue weighted by Gasteiger charge is -2.36. The first-order chi connectivity index (χ1) is 37.4. The number of tetrazole rings is 1. The second kappa shape index (κ2) is 31.8. The Labute approximate surface area is 452 Å². The predicted octanol–water partition coefficient (Wildman–Crippen LogP) is 6.24. The van der Waals surface area contributed by atoms with Gasteiger partial charge in [0, 0.05) is 99.6 Å². The number of para-hydroxylation sites is 1. The number of benzene rings is 1. The molecule has 7 rings (SSSR count). The molecule has 1 atom stereocenters. The van der Waals surface area contributed by atoms with Crippen LogP contribution in [0, 0.1) is 160 Å². The van der Waals surface area contributed by atoms with Crippen molar-refractivity contribution in [2.24, 2.45) is 42.4 Å². The number of aromatic nitrogens is 7. The van der Waals surface area contributed by atoms with Gasteiger partial charge in [-0.2, -0.15) is 0 Å². The maximum Gasteiger partial charge on any atom is 0.274 e. The number of hydrogen-bond acceptors (Lipinski definition) is 13. The van der Waals surface area contributed by atoms with Gasteiger partial charge in [0.2, 0.25) is 10.4 Å². The van der Waals surface area contributed by atoms with Gasteiger partial charge in [0.05, 0.1) is 65.6 Å². The summed E-state index contributed by atoms with van der Waals surface area (Å²) >= 11 is 0. The van der Waals surface area contributed by atoms with Crippen LogP contribution >= 0.6 is 0 Å². The summed E-state index contributed by atoms with van der Waals surface area (Å²) in [7, 11) is 0. The van der Waals surface area contributed by atoms with Crippen LogP contribution < -0.4 is 20.8 Å². The van der Waals surface area contributed by atoms with Crippen LogP contribution in [0.4, 0.5) is 11.4 Å². The molecule has 24 heteroatoms. The summed E-state index contributed by atoms with van der Waals surface area (Å²) in [6, 6.07) is 7.54. The Morgan fingerprint density at radius 2 is 1.42 bits per heavy atom. The highest BCUT2D eigenvalue weighted by Crippen LogP contribution is 2.40. The van der Waals surface area contributed by atoms with Gasteiger partial charge in [-0.25, -0.2) is 14.6 Å². The van der Waals surface area contributed by atoms with E-state index in [2.05, 4.69) is 238 Å². The first-order valence-corrected chi connectivity index (χ1v) is 21.4. The number of anilines is 2. The summed E-state index contributed by atoms with van der Waals surface area (Å²) in [5, 5.41) is 50.9. The molecule has 4 aromatic rings. The molecule has 1 amide bonds. The van der Waals surface area contributed by atoms with E-state index in [0.717, 1.165) is 29.2 Å². The molecule has 1 saturated heterocycles. The highest BCUT2D eigenvalue weighted by Gasteiger charge is 2.28. The average molecular weight is 1030 g/mol. The number of nitrogens with zero attached hydrogens (tertiary/aromatic N) is 16. The van der Waals surface area contributed by atoms with Gasteiger partial charge in [0.15, 0.2) is 11.6 Å². The van der Waals surface area contributed by atoms with Crippen molar-refractivity contribution < 1.29 is 46.7 Å². The van der Waals surface area contributed by atoms with E-state index in [1.165, 1.54) is 12.8 Å². The number of carbonyl (C=O) groups excluding carboxylic acids is 1. The molecule has 3 aromatic heterocycles. The number of hydrogen-bond donors (Lipinski definition) is 3. The molecule has 2 fully saturated rings. The van der Waals surface area contributed by atoms with Crippen molar-refractivity contribution in [3.05, 3.63) is 59.6 Å². The SMILES string of the molecule is C#CC#CC#CC#CC#CC#CC#CC#CC#CC#CC#CC#CC#C.C[C@H]1COCCN1c1cnc(C(=O)Nc2cccc3c2OCCn2nnnc2-3)cc1-n1cnc(C2CC2)c1.NN=NN=NN=NN=[N+]([O-])OO.[HH].[HH].[HH].[HH].[HH].[HH].[HH].[HH].[HH].[HH].[HH].[HH]. The Morgan fingerprint density at radius 3 is 1.99 bits per heavy atom. The molecule has 390 valence electrons. The fraction of sp³-hybridized carbons (Fsp3) is 0.192. The van der Waals surface area contributed by atoms with Gasteiger partial charge in [0.1, 0.15) is 17.5 Å². The third kappa shape index (κ3) is 18.6. The van der Waals surface area contributed by atoms with Gasteiger partial charge in [0.25, 0.3) is 5.91 Å². The van der Waals surface area contributed by atoms with Crippen molar-refractivity contribution in [1.29, 1.82) is 0 Å². The highest BCUT2D eigenvalue weighted by atomic mass is 17.2. The second-order valence-electron chi connectivity index (χ2n) is 13.9. The topological polar surface area (TPSA) is 293 Å². The molecule has 0 unspecified atom stereocenters. The Balaban J connectivity index is -0.000000190. The second-order valence-corrected chi connectivity index (χ2v) is 13.9. The molecule has 1 aliphatic carbocycles. The van der Waals surface area contributed by atoms with E-state index >= 15 is 0 Å². The summed E-state index contributed by atoms with van der Waals surface area (Å²) in [4.78, 5) is 28.0. The first kappa shape index (κ1) is 54.7. The van der Waals surface area contributed by atoms with Crippen molar-refractivity contribution in [3.8, 4) is 178 Å². The van der Waals surface area contributed by atoms with Crippen LogP contribution in [0.5, 0.6) is 5.75 Å². The van der Waals surface area contributed by atoms with Crippen LogP contribution in [0.25, 0.3) is 17.1 Å². The number of morpholine rings is 1. The van der Waals surface area contributed by atoms with Crippen LogP contribution in [-0.4, -0.2) is 83.3 Å². The molecular weight excluding hydrogens is 973 g/mol. The monoisotopic (exact) mass is 1030 g/mol. The average Bonchev–Trinajstić information content (AvgIpc) is 4.12. The smallest absolute Gasteiger partial charge is 0.274 e. The molecule has 76 heavy (non-hydrogen) atoms. The van der Waals surface area contributed by atoms with E-state index in [1.807, 2.05) is 29.1 Å². The third-order valence-electron chi connectivity index (χ3n) is 9.08. The van der Waals surface area contributed by atoms with Gasteiger partial charge < -0.3 is 40.3 Å². The molecule has 2 aliphatic heterocycles. The highest BCUT2D eigenvalue weighted by molar-refractivity contribution is 6.05. The molecule has 4 N–H and O–H groups in total. The van der Waals surface area contributed by atoms with E-state index in [-0.39, 0.29) is 29.1 Å². The number of rotatable bonds is 9. The van der Waals surface area contributed by atoms with Gasteiger partial charge in [-0.1, -0.05) is 11.3 Å². The molecule has 0 bridgehead atoms. The van der Waals surface area contributed by atoms with E-state index in [4.69, 9.17) is 27.6 Å². The maximum absolute atomic E-state index is 13.5. The largest absolute Gasteiger partial charge is 0.489 e. The van der Waals surface area contributed by atoms with E-state index in [1.54, 1.807) is 16.9 Å². The molecular formula is C52H56N18O6. The zero-order chi connectivity index (χ0) is 53.8. The number of amides is 1. The summed E-state index contributed by atoms with van der Waals surface area (Å²) in [5.74, 6) is 64.0. The zero-order valence-electron chi connectivity index (χ0n) is 39.5. The molecule has 0 radical (unpaired) electrons. The van der Waals surface area contributed by atoms with Crippen LogP contribution in [-0.2, 0) is 16.3 Å². The zero-order valence-corrected chi connectivity index (χ0v) is 39.5. The van der Waals surface area contributed by atoms with Crippen molar-refractivity contribution in [2.45, 2.75) is 38.3 Å². The van der Waals surface area contributed by atoms with Crippen LogP contribution in [0.15, 0.2) is 79.5 Å². The Kier molecular flexibility index (Phi) is 22.8. The number of nitrogens with one attached hydrogen (secondary N) is 1. The standard InChI is InChI=1S/C26H27N9O3.C26H2.H3N9O3.12H2/c1-16-14-37-9-7-34(16)23-12-27-20(11-22(23)33-13-21(28-15-33)17-5-6-17)26(36)29-19-4-2-3-18-24(19)38-10-8-35-25(18)30-31-32-35;1-3-5-7-9-11-13-15-17-19-21-23-25-26-24-22-20-18-16-14-12-10-8-6-4-2;1-2-3-4-5-6-7-8-9(10)12-11;;;;;;;;;;;;/h2-4,11-13,15-17H,5-10,14H2,1H3,(H,29,36);1-2H;11H,(H2,1,3,5,7);12*1H/t16-;;;;;;;;;;;;;;/m0............../s1. The summed E-state index contributed by atoms with van der Waals surface area (Å²) in [6.45, 7) is 5.07. The third-order valence-corrected chi connectivity index (χ3v) is 9.08. The summed E-state index contributed by atoms with van der Waals surface area (Å²) in [5.41, 5.74) is 4.45. The first-order valence-electron chi connectivity index (χ1n) is 21.4.